The van der Waals surface area contributed by atoms with Crippen molar-refractivity contribution in [2.24, 2.45) is 11.3 Å². The van der Waals surface area contributed by atoms with E-state index in [-0.39, 0.29) is 23.2 Å². The van der Waals surface area contributed by atoms with E-state index in [1.54, 1.807) is 0 Å². The summed E-state index contributed by atoms with van der Waals surface area (Å²) < 4.78 is 17.2. The zero-order valence-electron chi connectivity index (χ0n) is 16.2. The Morgan fingerprint density at radius 2 is 1.89 bits per heavy atom. The van der Waals surface area contributed by atoms with E-state index in [2.05, 4.69) is 6.92 Å². The number of Topliss-reactive ketones (excluding diaryl/α,β-unsaturated/α-hetero) is 1. The van der Waals surface area contributed by atoms with Crippen molar-refractivity contribution >= 4 is 5.78 Å². The number of carbonyl (C=O) groups is 1. The lowest BCUT2D eigenvalue weighted by molar-refractivity contribution is -0.310. The number of rotatable bonds is 6. The minimum absolute atomic E-state index is 0.160. The zero-order valence-corrected chi connectivity index (χ0v) is 16.2. The molecule has 2 saturated heterocycles. The molecule has 4 N–H and O–H groups in total. The Bertz CT molecular complexity index is 532. The van der Waals surface area contributed by atoms with Gasteiger partial charge in [0.15, 0.2) is 6.29 Å². The Hall–Kier alpha value is -0.610. The Morgan fingerprint density at radius 1 is 1.19 bits per heavy atom. The number of aliphatic hydroxyl groups is 4. The maximum absolute atomic E-state index is 12.0. The summed E-state index contributed by atoms with van der Waals surface area (Å²) in [6, 6.07) is 0. The fourth-order valence-electron chi connectivity index (χ4n) is 5.05. The summed E-state index contributed by atoms with van der Waals surface area (Å²) in [6.45, 7) is 6.06. The summed E-state index contributed by atoms with van der Waals surface area (Å²) >= 11 is 0. The van der Waals surface area contributed by atoms with E-state index in [4.69, 9.17) is 14.2 Å². The average Bonchev–Trinajstić information content (AvgIpc) is 2.75. The smallest absolute Gasteiger partial charge is 0.186 e. The van der Waals surface area contributed by atoms with Crippen LogP contribution in [0.3, 0.4) is 0 Å². The van der Waals surface area contributed by atoms with Gasteiger partial charge in [-0.25, -0.2) is 0 Å². The quantitative estimate of drug-likeness (QED) is 0.491. The fraction of sp³-hybridized carbons (Fsp3) is 0.947. The van der Waals surface area contributed by atoms with Crippen LogP contribution in [0.1, 0.15) is 46.5 Å². The normalized spacial score (nSPS) is 48.6. The van der Waals surface area contributed by atoms with Crippen molar-refractivity contribution in [1.82, 2.24) is 0 Å². The van der Waals surface area contributed by atoms with E-state index in [0.717, 1.165) is 6.42 Å². The number of hydrogen-bond donors (Lipinski definition) is 4. The molecule has 2 heterocycles. The molecular weight excluding hydrogens is 356 g/mol. The number of carbonyl (C=O) groups excluding carboxylic acids is 1. The third-order valence-corrected chi connectivity index (χ3v) is 6.54. The van der Waals surface area contributed by atoms with Gasteiger partial charge in [0.05, 0.1) is 24.9 Å². The van der Waals surface area contributed by atoms with Crippen molar-refractivity contribution < 1.29 is 39.4 Å². The Kier molecular flexibility index (Phi) is 5.99. The van der Waals surface area contributed by atoms with Gasteiger partial charge in [-0.1, -0.05) is 6.92 Å². The van der Waals surface area contributed by atoms with Crippen molar-refractivity contribution in [2.75, 3.05) is 13.2 Å². The average molecular weight is 388 g/mol. The molecule has 156 valence electrons. The van der Waals surface area contributed by atoms with Crippen LogP contribution < -0.4 is 0 Å². The van der Waals surface area contributed by atoms with E-state index in [1.165, 1.54) is 0 Å². The topological polar surface area (TPSA) is 126 Å². The molecule has 2 bridgehead atoms. The van der Waals surface area contributed by atoms with E-state index >= 15 is 0 Å². The first-order valence-electron chi connectivity index (χ1n) is 9.71. The molecular formula is C19H32O8. The van der Waals surface area contributed by atoms with Crippen molar-refractivity contribution in [2.45, 2.75) is 88.9 Å². The molecule has 3 fully saturated rings. The van der Waals surface area contributed by atoms with E-state index in [9.17, 15) is 25.2 Å². The minimum Gasteiger partial charge on any atom is -0.394 e. The first-order valence-corrected chi connectivity index (χ1v) is 9.71. The summed E-state index contributed by atoms with van der Waals surface area (Å²) in [5, 5.41) is 39.1. The third-order valence-electron chi connectivity index (χ3n) is 6.54. The Balaban J connectivity index is 1.57. The second-order valence-electron chi connectivity index (χ2n) is 8.92. The van der Waals surface area contributed by atoms with E-state index in [0.29, 0.717) is 25.9 Å². The number of ether oxygens (including phenoxy) is 3. The summed E-state index contributed by atoms with van der Waals surface area (Å²) in [4.78, 5) is 12.0. The highest BCUT2D eigenvalue weighted by Gasteiger charge is 2.58. The van der Waals surface area contributed by atoms with Crippen LogP contribution in [-0.4, -0.2) is 81.8 Å². The Labute approximate surface area is 159 Å². The number of ketones is 1. The highest BCUT2D eigenvalue weighted by molar-refractivity contribution is 5.81. The number of fused-ring (bicyclic) bond motifs is 2. The summed E-state index contributed by atoms with van der Waals surface area (Å²) in [5.74, 6) is 0.489. The van der Waals surface area contributed by atoms with Gasteiger partial charge in [-0.3, -0.25) is 4.79 Å². The van der Waals surface area contributed by atoms with E-state index in [1.807, 2.05) is 13.8 Å². The molecule has 27 heavy (non-hydrogen) atoms. The van der Waals surface area contributed by atoms with Crippen molar-refractivity contribution in [3.05, 3.63) is 0 Å². The molecule has 0 spiro atoms. The van der Waals surface area contributed by atoms with Crippen LogP contribution in [0.15, 0.2) is 0 Å². The predicted octanol–water partition coefficient (Wildman–Crippen LogP) is -0.254. The molecule has 1 saturated carbocycles. The molecule has 0 aromatic carbocycles. The van der Waals surface area contributed by atoms with Gasteiger partial charge in [0, 0.05) is 18.3 Å². The van der Waals surface area contributed by atoms with Gasteiger partial charge in [-0.15, -0.1) is 0 Å². The molecule has 3 rings (SSSR count). The molecule has 1 aliphatic carbocycles. The van der Waals surface area contributed by atoms with Gasteiger partial charge >= 0.3 is 0 Å². The molecule has 0 radical (unpaired) electrons. The minimum atomic E-state index is -1.44. The monoisotopic (exact) mass is 388 g/mol. The maximum Gasteiger partial charge on any atom is 0.186 e. The van der Waals surface area contributed by atoms with Gasteiger partial charge in [-0.2, -0.15) is 0 Å². The zero-order chi connectivity index (χ0) is 20.0. The third kappa shape index (κ3) is 3.94. The fourth-order valence-corrected chi connectivity index (χ4v) is 5.05. The molecule has 8 heteroatoms. The highest BCUT2D eigenvalue weighted by atomic mass is 16.7. The first kappa shape index (κ1) is 21.1. The second-order valence-corrected chi connectivity index (χ2v) is 8.92. The molecule has 0 aromatic heterocycles. The van der Waals surface area contributed by atoms with Crippen molar-refractivity contribution in [3.63, 3.8) is 0 Å². The van der Waals surface area contributed by atoms with E-state index < -0.39 is 42.9 Å². The molecule has 9 atom stereocenters. The van der Waals surface area contributed by atoms with Gasteiger partial charge in [0.25, 0.3) is 0 Å². The lowest BCUT2D eigenvalue weighted by Gasteiger charge is -2.42. The van der Waals surface area contributed by atoms with Gasteiger partial charge in [0.2, 0.25) is 0 Å². The van der Waals surface area contributed by atoms with Crippen LogP contribution in [0.25, 0.3) is 0 Å². The van der Waals surface area contributed by atoms with Crippen LogP contribution in [0.5, 0.6) is 0 Å². The van der Waals surface area contributed by atoms with Crippen LogP contribution in [0.4, 0.5) is 0 Å². The maximum atomic E-state index is 12.0. The molecule has 3 aliphatic rings. The van der Waals surface area contributed by atoms with Gasteiger partial charge in [-0.05, 0) is 32.6 Å². The summed E-state index contributed by atoms with van der Waals surface area (Å²) in [6.07, 6.45) is -4.17. The lowest BCUT2D eigenvalue weighted by Crippen LogP contribution is -2.59. The van der Waals surface area contributed by atoms with Crippen LogP contribution >= 0.6 is 0 Å². The summed E-state index contributed by atoms with van der Waals surface area (Å²) in [7, 11) is 0. The largest absolute Gasteiger partial charge is 0.394 e. The van der Waals surface area contributed by atoms with Crippen molar-refractivity contribution in [1.29, 1.82) is 0 Å². The predicted molar refractivity (Wildman–Crippen MR) is 93.7 cm³/mol. The van der Waals surface area contributed by atoms with Crippen LogP contribution in [-0.2, 0) is 19.0 Å². The van der Waals surface area contributed by atoms with Gasteiger partial charge in [0.1, 0.15) is 30.2 Å². The lowest BCUT2D eigenvalue weighted by atomic mass is 9.61. The van der Waals surface area contributed by atoms with Crippen molar-refractivity contribution in [3.8, 4) is 0 Å². The highest BCUT2D eigenvalue weighted by Crippen LogP contribution is 2.54. The second kappa shape index (κ2) is 7.67. The Morgan fingerprint density at radius 3 is 2.52 bits per heavy atom. The molecule has 0 aromatic rings. The van der Waals surface area contributed by atoms with Crippen LogP contribution in [0.2, 0.25) is 0 Å². The van der Waals surface area contributed by atoms with Gasteiger partial charge < -0.3 is 34.6 Å². The van der Waals surface area contributed by atoms with Crippen LogP contribution in [0, 0.1) is 11.3 Å². The first-order chi connectivity index (χ1) is 12.6. The molecule has 8 nitrogen and oxygen atoms in total. The molecule has 0 unspecified atom stereocenters. The SMILES string of the molecule is C[C@H](CC[C@@H]1[C@@]2(C)CO[C@]1(C)CC(=O)C2)O[C@@H]1O[C@H](CO)[C@@H](O)[C@H](O)[C@H]1O. The molecule has 0 amide bonds. The standard InChI is InChI=1S/C19H32O8/c1-10(26-17-16(24)15(23)14(22)12(8-20)27-17)4-5-13-18(2)6-11(21)7-19(13,3)25-9-18/h10,12-17,20,22-24H,4-9H2,1-3H3/t10-,12-,13-,14-,15+,16-,17-,18-,19-/m1/s1. The molecule has 2 aliphatic heterocycles. The number of hydrogen-bond acceptors (Lipinski definition) is 8. The summed E-state index contributed by atoms with van der Waals surface area (Å²) in [5.41, 5.74) is -0.597. The number of aliphatic hydroxyl groups excluding tert-OH is 4.